The molecular formula is C10H6Cl2N4O3. The highest BCUT2D eigenvalue weighted by Crippen LogP contribution is 2.24. The van der Waals surface area contributed by atoms with E-state index < -0.39 is 5.97 Å². The second-order valence-corrected chi connectivity index (χ2v) is 4.04. The lowest BCUT2D eigenvalue weighted by atomic mass is 10.2. The molecule has 0 saturated carbocycles. The molecule has 0 atom stereocenters. The molecule has 2 aromatic rings. The van der Waals surface area contributed by atoms with E-state index in [9.17, 15) is 9.90 Å². The SMILES string of the molecule is O=C(O)c1ccc(Nc2nc(Cl)nc(Cl)n2)cc1O. The third-order valence-electron chi connectivity index (χ3n) is 2.07. The van der Waals surface area contributed by atoms with Crippen LogP contribution in [-0.2, 0) is 0 Å². The van der Waals surface area contributed by atoms with Crippen molar-refractivity contribution < 1.29 is 15.0 Å². The van der Waals surface area contributed by atoms with Gasteiger partial charge in [-0.2, -0.15) is 15.0 Å². The largest absolute Gasteiger partial charge is 0.507 e. The van der Waals surface area contributed by atoms with Crippen LogP contribution in [0.2, 0.25) is 10.6 Å². The van der Waals surface area contributed by atoms with Gasteiger partial charge in [0.2, 0.25) is 16.5 Å². The van der Waals surface area contributed by atoms with Crippen LogP contribution in [0.1, 0.15) is 10.4 Å². The number of benzene rings is 1. The monoisotopic (exact) mass is 300 g/mol. The van der Waals surface area contributed by atoms with E-state index in [-0.39, 0.29) is 27.8 Å². The normalized spacial score (nSPS) is 10.2. The van der Waals surface area contributed by atoms with Gasteiger partial charge in [0, 0.05) is 11.8 Å². The number of halogens is 2. The third-order valence-corrected chi connectivity index (χ3v) is 2.40. The van der Waals surface area contributed by atoms with E-state index >= 15 is 0 Å². The van der Waals surface area contributed by atoms with Crippen LogP contribution in [0.4, 0.5) is 11.6 Å². The Labute approximate surface area is 116 Å². The van der Waals surface area contributed by atoms with Gasteiger partial charge in [-0.15, -0.1) is 0 Å². The van der Waals surface area contributed by atoms with Crippen molar-refractivity contribution in [1.29, 1.82) is 0 Å². The Hall–Kier alpha value is -2.12. The van der Waals surface area contributed by atoms with Gasteiger partial charge in [0.05, 0.1) is 0 Å². The maximum absolute atomic E-state index is 10.7. The van der Waals surface area contributed by atoms with E-state index in [4.69, 9.17) is 28.3 Å². The zero-order valence-corrected chi connectivity index (χ0v) is 10.6. The molecule has 0 spiro atoms. The number of nitrogens with zero attached hydrogens (tertiary/aromatic N) is 3. The first-order valence-electron chi connectivity index (χ1n) is 4.86. The van der Waals surface area contributed by atoms with Gasteiger partial charge in [-0.3, -0.25) is 0 Å². The molecule has 0 amide bonds. The van der Waals surface area contributed by atoms with Gasteiger partial charge in [-0.05, 0) is 35.3 Å². The summed E-state index contributed by atoms with van der Waals surface area (Å²) in [5.74, 6) is -1.54. The average molecular weight is 301 g/mol. The quantitative estimate of drug-likeness (QED) is 0.798. The lowest BCUT2D eigenvalue weighted by Crippen LogP contribution is -2.01. The van der Waals surface area contributed by atoms with Crippen LogP contribution in [0.3, 0.4) is 0 Å². The second kappa shape index (κ2) is 5.25. The van der Waals surface area contributed by atoms with Crippen molar-refractivity contribution in [2.75, 3.05) is 5.32 Å². The van der Waals surface area contributed by atoms with E-state index in [1.165, 1.54) is 18.2 Å². The number of aromatic carboxylic acids is 1. The third kappa shape index (κ3) is 3.21. The molecule has 2 rings (SSSR count). The summed E-state index contributed by atoms with van der Waals surface area (Å²) in [4.78, 5) is 21.8. The van der Waals surface area contributed by atoms with Crippen LogP contribution < -0.4 is 5.32 Å². The first-order valence-corrected chi connectivity index (χ1v) is 5.61. The molecule has 1 aromatic carbocycles. The van der Waals surface area contributed by atoms with E-state index in [2.05, 4.69) is 20.3 Å². The summed E-state index contributed by atoms with van der Waals surface area (Å²) in [6, 6.07) is 3.90. The van der Waals surface area contributed by atoms with Gasteiger partial charge in [-0.25, -0.2) is 4.79 Å². The number of nitrogens with one attached hydrogen (secondary N) is 1. The lowest BCUT2D eigenvalue weighted by molar-refractivity contribution is 0.0694. The minimum Gasteiger partial charge on any atom is -0.507 e. The number of hydrogen-bond donors (Lipinski definition) is 3. The van der Waals surface area contributed by atoms with Crippen LogP contribution in [-0.4, -0.2) is 31.1 Å². The fourth-order valence-electron chi connectivity index (χ4n) is 1.30. The molecule has 98 valence electrons. The summed E-state index contributed by atoms with van der Waals surface area (Å²) in [7, 11) is 0. The molecule has 0 saturated heterocycles. The lowest BCUT2D eigenvalue weighted by Gasteiger charge is -2.06. The number of phenols is 1. The number of aromatic hydroxyl groups is 1. The second-order valence-electron chi connectivity index (χ2n) is 3.36. The van der Waals surface area contributed by atoms with Crippen molar-refractivity contribution in [2.45, 2.75) is 0 Å². The molecule has 1 aromatic heterocycles. The van der Waals surface area contributed by atoms with E-state index in [0.717, 1.165) is 0 Å². The standard InChI is InChI=1S/C10H6Cl2N4O3/c11-8-14-9(12)16-10(15-8)13-4-1-2-5(7(18)19)6(17)3-4/h1-3,17H,(H,18,19)(H,13,14,15,16). The summed E-state index contributed by atoms with van der Waals surface area (Å²) in [6.07, 6.45) is 0. The number of hydrogen-bond acceptors (Lipinski definition) is 6. The molecule has 0 unspecified atom stereocenters. The van der Waals surface area contributed by atoms with E-state index in [1.807, 2.05) is 0 Å². The Morgan fingerprint density at radius 1 is 1.16 bits per heavy atom. The van der Waals surface area contributed by atoms with Crippen LogP contribution in [0.5, 0.6) is 5.75 Å². The van der Waals surface area contributed by atoms with Crippen LogP contribution in [0.25, 0.3) is 0 Å². The predicted molar refractivity (Wildman–Crippen MR) is 68.2 cm³/mol. The van der Waals surface area contributed by atoms with Gasteiger partial charge < -0.3 is 15.5 Å². The molecular weight excluding hydrogens is 295 g/mol. The number of carboxylic acid groups (broad SMARTS) is 1. The van der Waals surface area contributed by atoms with Gasteiger partial charge in [0.25, 0.3) is 0 Å². The fourth-order valence-corrected chi connectivity index (χ4v) is 1.66. The Kier molecular flexibility index (Phi) is 3.68. The van der Waals surface area contributed by atoms with E-state index in [0.29, 0.717) is 5.69 Å². The fraction of sp³-hybridized carbons (Fsp3) is 0. The molecule has 7 nitrogen and oxygen atoms in total. The Bertz CT molecular complexity index is 630. The first-order chi connectivity index (χ1) is 8.95. The van der Waals surface area contributed by atoms with Crippen LogP contribution in [0.15, 0.2) is 18.2 Å². The maximum atomic E-state index is 10.7. The minimum absolute atomic E-state index is 0.0764. The number of carbonyl (C=O) groups is 1. The van der Waals surface area contributed by atoms with Gasteiger partial charge in [0.1, 0.15) is 11.3 Å². The molecule has 1 heterocycles. The number of carboxylic acids is 1. The van der Waals surface area contributed by atoms with Crippen LogP contribution in [0, 0.1) is 0 Å². The number of rotatable bonds is 3. The summed E-state index contributed by atoms with van der Waals surface area (Å²) in [5.41, 5.74) is 0.165. The molecule has 0 aliphatic heterocycles. The van der Waals surface area contributed by atoms with Gasteiger partial charge >= 0.3 is 5.97 Å². The summed E-state index contributed by atoms with van der Waals surface area (Å²) >= 11 is 11.2. The molecule has 3 N–H and O–H groups in total. The molecule has 19 heavy (non-hydrogen) atoms. The maximum Gasteiger partial charge on any atom is 0.339 e. The van der Waals surface area contributed by atoms with Crippen LogP contribution >= 0.6 is 23.2 Å². The van der Waals surface area contributed by atoms with Gasteiger partial charge in [-0.1, -0.05) is 0 Å². The minimum atomic E-state index is -1.23. The zero-order chi connectivity index (χ0) is 14.0. The highest BCUT2D eigenvalue weighted by molar-refractivity contribution is 6.31. The molecule has 0 radical (unpaired) electrons. The Balaban J connectivity index is 2.28. The topological polar surface area (TPSA) is 108 Å². The van der Waals surface area contributed by atoms with Crippen molar-refractivity contribution in [3.8, 4) is 5.75 Å². The van der Waals surface area contributed by atoms with Crippen molar-refractivity contribution in [2.24, 2.45) is 0 Å². The van der Waals surface area contributed by atoms with Crippen molar-refractivity contribution in [3.63, 3.8) is 0 Å². The van der Waals surface area contributed by atoms with Gasteiger partial charge in [0.15, 0.2) is 0 Å². The Morgan fingerprint density at radius 3 is 2.32 bits per heavy atom. The van der Waals surface area contributed by atoms with E-state index in [1.54, 1.807) is 0 Å². The first kappa shape index (κ1) is 13.3. The number of aromatic nitrogens is 3. The highest BCUT2D eigenvalue weighted by atomic mass is 35.5. The highest BCUT2D eigenvalue weighted by Gasteiger charge is 2.10. The van der Waals surface area contributed by atoms with Crippen molar-refractivity contribution in [3.05, 3.63) is 34.3 Å². The van der Waals surface area contributed by atoms with Crippen molar-refractivity contribution >= 4 is 40.8 Å². The van der Waals surface area contributed by atoms with Crippen molar-refractivity contribution in [1.82, 2.24) is 15.0 Å². The average Bonchev–Trinajstić information content (AvgIpc) is 2.26. The molecule has 0 bridgehead atoms. The molecule has 9 heteroatoms. The predicted octanol–water partition coefficient (Wildman–Crippen LogP) is 2.33. The molecule has 0 aliphatic carbocycles. The summed E-state index contributed by atoms with van der Waals surface area (Å²) in [5, 5.41) is 20.8. The summed E-state index contributed by atoms with van der Waals surface area (Å²) in [6.45, 7) is 0. The number of anilines is 2. The smallest absolute Gasteiger partial charge is 0.339 e. The summed E-state index contributed by atoms with van der Waals surface area (Å²) < 4.78 is 0. The molecule has 0 fully saturated rings. The zero-order valence-electron chi connectivity index (χ0n) is 9.13. The molecule has 0 aliphatic rings. The Morgan fingerprint density at radius 2 is 1.79 bits per heavy atom.